The first-order valence-corrected chi connectivity index (χ1v) is 11.5. The molecule has 1 aromatic heterocycles. The molecule has 0 aliphatic carbocycles. The molecule has 0 atom stereocenters. The molecular weight excluding hydrogens is 478 g/mol. The average Bonchev–Trinajstić information content (AvgIpc) is 3.27. The van der Waals surface area contributed by atoms with Crippen LogP contribution in [0.4, 0.5) is 5.13 Å². The van der Waals surface area contributed by atoms with Crippen molar-refractivity contribution in [2.24, 2.45) is 0 Å². The number of halogens is 1. The smallest absolute Gasteiger partial charge is 0.337 e. The maximum atomic E-state index is 13.5. The molecule has 2 aromatic carbocycles. The number of carbonyl (C=O) groups is 2. The van der Waals surface area contributed by atoms with Crippen molar-refractivity contribution in [3.63, 3.8) is 0 Å². The molecule has 8 nitrogen and oxygen atoms in total. The topological polar surface area (TPSA) is 81.2 Å². The second-order valence-electron chi connectivity index (χ2n) is 7.22. The fourth-order valence-electron chi connectivity index (χ4n) is 3.45. The zero-order valence-electron chi connectivity index (χ0n) is 20.0. The van der Waals surface area contributed by atoms with E-state index in [-0.39, 0.29) is 18.3 Å². The number of aromatic nitrogens is 1. The van der Waals surface area contributed by atoms with Crippen molar-refractivity contribution in [1.82, 2.24) is 9.88 Å². The number of rotatable bonds is 10. The highest BCUT2D eigenvalue weighted by molar-refractivity contribution is 7.22. The van der Waals surface area contributed by atoms with Gasteiger partial charge in [-0.15, -0.1) is 12.4 Å². The molecular formula is C24H30ClN3O5S. The number of hydrogen-bond acceptors (Lipinski definition) is 8. The standard InChI is InChI=1S/C24H29N3O5S.ClH/c1-6-26(7-2)12-13-27(22(28)16-8-10-17(11-9-16)23(29)32-5)24-25-18-14-19(30-3)20(31-4)15-21(18)33-24;/h8-11,14-15H,6-7,12-13H2,1-5H3;1H. The largest absolute Gasteiger partial charge is 0.493 e. The van der Waals surface area contributed by atoms with Crippen LogP contribution in [0, 0.1) is 0 Å². The third-order valence-electron chi connectivity index (χ3n) is 5.45. The lowest BCUT2D eigenvalue weighted by Crippen LogP contribution is -2.38. The highest BCUT2D eigenvalue weighted by atomic mass is 35.5. The van der Waals surface area contributed by atoms with E-state index in [1.165, 1.54) is 18.4 Å². The van der Waals surface area contributed by atoms with Gasteiger partial charge in [0.2, 0.25) is 0 Å². The van der Waals surface area contributed by atoms with Gasteiger partial charge in [0, 0.05) is 30.8 Å². The van der Waals surface area contributed by atoms with Crippen LogP contribution in [-0.4, -0.2) is 69.3 Å². The molecule has 1 heterocycles. The lowest BCUT2D eigenvalue weighted by Gasteiger charge is -2.24. The third kappa shape index (κ3) is 5.97. The van der Waals surface area contributed by atoms with E-state index in [2.05, 4.69) is 18.7 Å². The van der Waals surface area contributed by atoms with Crippen molar-refractivity contribution in [3.8, 4) is 11.5 Å². The number of benzene rings is 2. The SMILES string of the molecule is CCN(CC)CCN(C(=O)c1ccc(C(=O)OC)cc1)c1nc2cc(OC)c(OC)cc2s1.Cl. The Bertz CT molecular complexity index is 1070. The Morgan fingerprint density at radius 3 is 2.06 bits per heavy atom. The number of carbonyl (C=O) groups excluding carboxylic acids is 2. The second-order valence-corrected chi connectivity index (χ2v) is 8.23. The Balaban J connectivity index is 0.00000408. The Morgan fingerprint density at radius 1 is 0.912 bits per heavy atom. The number of likely N-dealkylation sites (N-methyl/N-ethyl adjacent to an activating group) is 1. The van der Waals surface area contributed by atoms with Gasteiger partial charge in [0.25, 0.3) is 5.91 Å². The third-order valence-corrected chi connectivity index (χ3v) is 6.49. The predicted molar refractivity (Wildman–Crippen MR) is 137 cm³/mol. The summed E-state index contributed by atoms with van der Waals surface area (Å²) in [5, 5.41) is 0.592. The summed E-state index contributed by atoms with van der Waals surface area (Å²) in [7, 11) is 4.49. The van der Waals surface area contributed by atoms with Gasteiger partial charge < -0.3 is 19.1 Å². The van der Waals surface area contributed by atoms with Gasteiger partial charge in [0.05, 0.1) is 37.1 Å². The van der Waals surface area contributed by atoms with Gasteiger partial charge in [-0.25, -0.2) is 9.78 Å². The molecule has 3 aromatic rings. The van der Waals surface area contributed by atoms with Crippen molar-refractivity contribution in [2.45, 2.75) is 13.8 Å². The summed E-state index contributed by atoms with van der Waals surface area (Å²) >= 11 is 1.42. The molecule has 0 saturated heterocycles. The number of anilines is 1. The van der Waals surface area contributed by atoms with Crippen molar-refractivity contribution in [3.05, 3.63) is 47.5 Å². The monoisotopic (exact) mass is 507 g/mol. The van der Waals surface area contributed by atoms with E-state index < -0.39 is 5.97 Å². The summed E-state index contributed by atoms with van der Waals surface area (Å²) in [5.41, 5.74) is 1.59. The van der Waals surface area contributed by atoms with Gasteiger partial charge in [-0.2, -0.15) is 0 Å². The van der Waals surface area contributed by atoms with E-state index in [0.717, 1.165) is 23.3 Å². The van der Waals surface area contributed by atoms with E-state index >= 15 is 0 Å². The van der Waals surface area contributed by atoms with Crippen LogP contribution in [0.1, 0.15) is 34.6 Å². The molecule has 0 fully saturated rings. The van der Waals surface area contributed by atoms with Crippen LogP contribution >= 0.6 is 23.7 Å². The van der Waals surface area contributed by atoms with Crippen LogP contribution in [0.3, 0.4) is 0 Å². The molecule has 184 valence electrons. The van der Waals surface area contributed by atoms with Gasteiger partial charge in [0.1, 0.15) is 0 Å². The van der Waals surface area contributed by atoms with Crippen molar-refractivity contribution >= 4 is 51.0 Å². The number of amides is 1. The second kappa shape index (κ2) is 12.5. The van der Waals surface area contributed by atoms with Crippen LogP contribution in [-0.2, 0) is 4.74 Å². The minimum Gasteiger partial charge on any atom is -0.493 e. The number of nitrogens with zero attached hydrogens (tertiary/aromatic N) is 3. The molecule has 0 radical (unpaired) electrons. The first kappa shape index (κ1) is 27.4. The van der Waals surface area contributed by atoms with Crippen LogP contribution in [0.15, 0.2) is 36.4 Å². The highest BCUT2D eigenvalue weighted by Gasteiger charge is 2.23. The quantitative estimate of drug-likeness (QED) is 0.373. The minimum absolute atomic E-state index is 0. The molecule has 3 rings (SSSR count). The summed E-state index contributed by atoms with van der Waals surface area (Å²) < 4.78 is 16.4. The Hall–Kier alpha value is -2.88. The molecule has 0 saturated carbocycles. The number of esters is 1. The van der Waals surface area contributed by atoms with Gasteiger partial charge in [-0.05, 0) is 37.4 Å². The molecule has 34 heavy (non-hydrogen) atoms. The van der Waals surface area contributed by atoms with E-state index in [1.807, 2.05) is 12.1 Å². The zero-order valence-corrected chi connectivity index (χ0v) is 21.6. The van der Waals surface area contributed by atoms with E-state index in [1.54, 1.807) is 43.4 Å². The number of thiazole rings is 1. The fraction of sp³-hybridized carbons (Fsp3) is 0.375. The summed E-state index contributed by atoms with van der Waals surface area (Å²) in [6.45, 7) is 7.16. The Labute approximate surface area is 209 Å². The first-order chi connectivity index (χ1) is 15.9. The molecule has 10 heteroatoms. The van der Waals surface area contributed by atoms with Crippen molar-refractivity contribution < 1.29 is 23.8 Å². The van der Waals surface area contributed by atoms with E-state index in [4.69, 9.17) is 19.2 Å². The molecule has 0 aliphatic rings. The van der Waals surface area contributed by atoms with Gasteiger partial charge >= 0.3 is 5.97 Å². The molecule has 0 N–H and O–H groups in total. The lowest BCUT2D eigenvalue weighted by molar-refractivity contribution is 0.0600. The van der Waals surface area contributed by atoms with Crippen LogP contribution < -0.4 is 14.4 Å². The lowest BCUT2D eigenvalue weighted by atomic mass is 10.1. The zero-order chi connectivity index (χ0) is 24.0. The maximum absolute atomic E-state index is 13.5. The number of hydrogen-bond donors (Lipinski definition) is 0. The molecule has 0 unspecified atom stereocenters. The van der Waals surface area contributed by atoms with Crippen LogP contribution in [0.2, 0.25) is 0 Å². The molecule has 0 spiro atoms. The minimum atomic E-state index is -0.443. The molecule has 0 bridgehead atoms. The average molecular weight is 508 g/mol. The number of methoxy groups -OCH3 is 3. The van der Waals surface area contributed by atoms with Gasteiger partial charge in [-0.1, -0.05) is 25.2 Å². The van der Waals surface area contributed by atoms with Crippen LogP contribution in [0.25, 0.3) is 10.2 Å². The van der Waals surface area contributed by atoms with E-state index in [0.29, 0.717) is 40.8 Å². The fourth-order valence-corrected chi connectivity index (χ4v) is 4.45. The summed E-state index contributed by atoms with van der Waals surface area (Å²) in [6, 6.07) is 10.1. The summed E-state index contributed by atoms with van der Waals surface area (Å²) in [5.74, 6) is 0.568. The maximum Gasteiger partial charge on any atom is 0.337 e. The normalized spacial score (nSPS) is 10.6. The molecule has 0 aliphatic heterocycles. The van der Waals surface area contributed by atoms with Crippen LogP contribution in [0.5, 0.6) is 11.5 Å². The van der Waals surface area contributed by atoms with Gasteiger partial charge in [0.15, 0.2) is 16.6 Å². The van der Waals surface area contributed by atoms with Crippen molar-refractivity contribution in [1.29, 1.82) is 0 Å². The molecule has 1 amide bonds. The number of ether oxygens (including phenoxy) is 3. The summed E-state index contributed by atoms with van der Waals surface area (Å²) in [6.07, 6.45) is 0. The number of fused-ring (bicyclic) bond motifs is 1. The Kier molecular flexibility index (Phi) is 10.1. The predicted octanol–water partition coefficient (Wildman–Crippen LogP) is 4.51. The first-order valence-electron chi connectivity index (χ1n) is 10.7. The highest BCUT2D eigenvalue weighted by Crippen LogP contribution is 2.37. The van der Waals surface area contributed by atoms with Crippen molar-refractivity contribution in [2.75, 3.05) is 52.4 Å². The van der Waals surface area contributed by atoms with E-state index in [9.17, 15) is 9.59 Å². The Morgan fingerprint density at radius 2 is 1.50 bits per heavy atom. The summed E-state index contributed by atoms with van der Waals surface area (Å²) in [4.78, 5) is 33.9. The van der Waals surface area contributed by atoms with Gasteiger partial charge in [-0.3, -0.25) is 9.69 Å².